The van der Waals surface area contributed by atoms with E-state index in [1.165, 1.54) is 18.3 Å². The molecule has 3 aromatic rings. The van der Waals surface area contributed by atoms with E-state index in [2.05, 4.69) is 15.5 Å². The molecular formula is C17H11N3O4OsS. The molecule has 0 fully saturated rings. The minimum absolute atomic E-state index is 0. The SMILES string of the molecule is O=Nc1cnc(NC(=O)c2ccccc2OC(=O)c2ccccc2)s1.[Os]. The quantitative estimate of drug-likeness (QED) is 0.298. The number of amides is 1. The number of thiazole rings is 1. The van der Waals surface area contributed by atoms with E-state index in [1.54, 1.807) is 42.5 Å². The molecule has 0 unspecified atom stereocenters. The third-order valence-corrected chi connectivity index (χ3v) is 3.94. The maximum atomic E-state index is 12.4. The molecule has 1 amide bonds. The number of para-hydroxylation sites is 1. The van der Waals surface area contributed by atoms with Crippen molar-refractivity contribution in [1.29, 1.82) is 0 Å². The van der Waals surface area contributed by atoms with Crippen LogP contribution in [-0.4, -0.2) is 16.9 Å². The van der Waals surface area contributed by atoms with Crippen LogP contribution in [0.5, 0.6) is 5.75 Å². The Morgan fingerprint density at radius 3 is 2.42 bits per heavy atom. The predicted molar refractivity (Wildman–Crippen MR) is 93.4 cm³/mol. The van der Waals surface area contributed by atoms with Crippen LogP contribution in [0.4, 0.5) is 10.1 Å². The van der Waals surface area contributed by atoms with E-state index in [4.69, 9.17) is 4.74 Å². The van der Waals surface area contributed by atoms with Crippen molar-refractivity contribution < 1.29 is 34.1 Å². The standard InChI is InChI=1S/C17H11N3O4S.Os/c21-15(19-17-18-10-14(20-23)25-17)12-8-4-5-9-13(12)24-16(22)11-6-2-1-3-7-11;/h1-10H,(H,18,19,21);. The van der Waals surface area contributed by atoms with Gasteiger partial charge in [-0.25, -0.2) is 9.78 Å². The Kier molecular flexibility index (Phi) is 6.84. The van der Waals surface area contributed by atoms with E-state index in [0.29, 0.717) is 5.56 Å². The Morgan fingerprint density at radius 1 is 1.04 bits per heavy atom. The smallest absolute Gasteiger partial charge is 0.343 e. The molecule has 3 rings (SSSR count). The van der Waals surface area contributed by atoms with E-state index >= 15 is 0 Å². The number of hydrogen-bond donors (Lipinski definition) is 1. The molecule has 1 aromatic heterocycles. The fourth-order valence-corrected chi connectivity index (χ4v) is 2.60. The summed E-state index contributed by atoms with van der Waals surface area (Å²) in [6.07, 6.45) is 1.26. The number of nitrogens with one attached hydrogen (secondary N) is 1. The third kappa shape index (κ3) is 4.66. The predicted octanol–water partition coefficient (Wildman–Crippen LogP) is 4.01. The van der Waals surface area contributed by atoms with Crippen LogP contribution in [0.1, 0.15) is 20.7 Å². The molecule has 0 saturated heterocycles. The van der Waals surface area contributed by atoms with Gasteiger partial charge in [0.15, 0.2) is 10.1 Å². The number of ether oxygens (including phenoxy) is 1. The Morgan fingerprint density at radius 2 is 1.73 bits per heavy atom. The molecular weight excluding hydrogens is 533 g/mol. The zero-order valence-electron chi connectivity index (χ0n) is 13.1. The summed E-state index contributed by atoms with van der Waals surface area (Å²) in [4.78, 5) is 38.9. The number of esters is 1. The number of nitrogens with zero attached hydrogens (tertiary/aromatic N) is 2. The van der Waals surface area contributed by atoms with Crippen molar-refractivity contribution in [2.75, 3.05) is 5.32 Å². The summed E-state index contributed by atoms with van der Waals surface area (Å²) in [5.74, 6) is -0.954. The Labute approximate surface area is 165 Å². The van der Waals surface area contributed by atoms with E-state index in [9.17, 15) is 14.5 Å². The average Bonchev–Trinajstić information content (AvgIpc) is 3.10. The normalized spacial score (nSPS) is 9.69. The maximum absolute atomic E-state index is 12.4. The Hall–Kier alpha value is -2.75. The molecule has 0 atom stereocenters. The number of carbonyl (C=O) groups is 2. The van der Waals surface area contributed by atoms with E-state index < -0.39 is 11.9 Å². The number of aromatic nitrogens is 1. The molecule has 7 nitrogen and oxygen atoms in total. The molecule has 2 aromatic carbocycles. The first-order valence-corrected chi connectivity index (χ1v) is 7.96. The fourth-order valence-electron chi connectivity index (χ4n) is 2.01. The number of hydrogen-bond acceptors (Lipinski definition) is 7. The number of carbonyl (C=O) groups excluding carboxylic acids is 2. The number of benzene rings is 2. The first kappa shape index (κ1) is 19.6. The summed E-state index contributed by atoms with van der Waals surface area (Å²) in [7, 11) is 0. The van der Waals surface area contributed by atoms with Crippen LogP contribution < -0.4 is 10.1 Å². The molecule has 0 aliphatic heterocycles. The number of anilines is 1. The van der Waals surface area contributed by atoms with Crippen LogP contribution in [0.2, 0.25) is 0 Å². The van der Waals surface area contributed by atoms with Gasteiger partial charge < -0.3 is 4.74 Å². The minimum Gasteiger partial charge on any atom is -0.422 e. The van der Waals surface area contributed by atoms with Gasteiger partial charge in [-0.05, 0) is 29.4 Å². The molecule has 26 heavy (non-hydrogen) atoms. The van der Waals surface area contributed by atoms with Gasteiger partial charge in [0, 0.05) is 19.8 Å². The van der Waals surface area contributed by atoms with Crippen molar-refractivity contribution in [3.63, 3.8) is 0 Å². The molecule has 1 N–H and O–H groups in total. The van der Waals surface area contributed by atoms with Gasteiger partial charge in [-0.2, -0.15) is 0 Å². The van der Waals surface area contributed by atoms with Crippen molar-refractivity contribution in [3.05, 3.63) is 76.8 Å². The van der Waals surface area contributed by atoms with Crippen molar-refractivity contribution in [3.8, 4) is 5.75 Å². The molecule has 1 heterocycles. The summed E-state index contributed by atoms with van der Waals surface area (Å²) in [6, 6.07) is 14.8. The van der Waals surface area contributed by atoms with Gasteiger partial charge in [-0.15, -0.1) is 4.91 Å². The zero-order chi connectivity index (χ0) is 17.6. The van der Waals surface area contributed by atoms with Gasteiger partial charge in [0.1, 0.15) is 5.75 Å². The van der Waals surface area contributed by atoms with Gasteiger partial charge >= 0.3 is 5.97 Å². The fraction of sp³-hybridized carbons (Fsp3) is 0. The number of nitroso groups, excluding NO2 is 1. The molecule has 9 heteroatoms. The van der Waals surface area contributed by atoms with Crippen LogP contribution in [0.15, 0.2) is 66.0 Å². The van der Waals surface area contributed by atoms with Crippen LogP contribution in [0.3, 0.4) is 0 Å². The van der Waals surface area contributed by atoms with E-state index in [-0.39, 0.29) is 41.2 Å². The summed E-state index contributed by atoms with van der Waals surface area (Å²) in [5.41, 5.74) is 0.543. The summed E-state index contributed by atoms with van der Waals surface area (Å²) >= 11 is 0.943. The maximum Gasteiger partial charge on any atom is 0.343 e. The summed E-state index contributed by atoms with van der Waals surface area (Å²) in [5, 5.41) is 5.67. The first-order chi connectivity index (χ1) is 12.2. The van der Waals surface area contributed by atoms with Crippen molar-refractivity contribution in [2.45, 2.75) is 0 Å². The molecule has 0 aliphatic carbocycles. The van der Waals surface area contributed by atoms with Gasteiger partial charge in [-0.1, -0.05) is 41.7 Å². The van der Waals surface area contributed by atoms with E-state index in [1.807, 2.05) is 0 Å². The van der Waals surface area contributed by atoms with Crippen molar-refractivity contribution >= 4 is 33.3 Å². The molecule has 0 radical (unpaired) electrons. The van der Waals surface area contributed by atoms with Crippen LogP contribution in [0, 0.1) is 4.91 Å². The van der Waals surface area contributed by atoms with Gasteiger partial charge in [0.05, 0.1) is 17.3 Å². The van der Waals surface area contributed by atoms with Gasteiger partial charge in [0.25, 0.3) is 5.91 Å². The van der Waals surface area contributed by atoms with Crippen LogP contribution in [0.25, 0.3) is 0 Å². The van der Waals surface area contributed by atoms with Gasteiger partial charge in [0.2, 0.25) is 0 Å². The summed E-state index contributed by atoms with van der Waals surface area (Å²) < 4.78 is 5.33. The molecule has 0 spiro atoms. The van der Waals surface area contributed by atoms with Crippen LogP contribution >= 0.6 is 11.3 Å². The molecule has 0 saturated carbocycles. The third-order valence-electron chi connectivity index (χ3n) is 3.15. The first-order valence-electron chi connectivity index (χ1n) is 7.14. The monoisotopic (exact) mass is 545 g/mol. The topological polar surface area (TPSA) is 97.7 Å². The molecule has 0 aliphatic rings. The molecule has 132 valence electrons. The largest absolute Gasteiger partial charge is 0.422 e. The summed E-state index contributed by atoms with van der Waals surface area (Å²) in [6.45, 7) is 0. The molecule has 0 bridgehead atoms. The zero-order valence-corrected chi connectivity index (χ0v) is 16.4. The van der Waals surface area contributed by atoms with Crippen molar-refractivity contribution in [1.82, 2.24) is 4.98 Å². The van der Waals surface area contributed by atoms with Crippen LogP contribution in [-0.2, 0) is 19.8 Å². The second-order valence-electron chi connectivity index (χ2n) is 4.80. The van der Waals surface area contributed by atoms with E-state index in [0.717, 1.165) is 11.3 Å². The average molecular weight is 544 g/mol. The Balaban J connectivity index is 0.00000243. The van der Waals surface area contributed by atoms with Crippen molar-refractivity contribution in [2.24, 2.45) is 5.18 Å². The van der Waals surface area contributed by atoms with Gasteiger partial charge in [-0.3, -0.25) is 10.1 Å². The number of rotatable bonds is 5. The Bertz CT molecular complexity index is 931. The second-order valence-corrected chi connectivity index (χ2v) is 5.81. The minimum atomic E-state index is -0.567. The second kappa shape index (κ2) is 9.09.